The molecule has 0 aliphatic carbocycles. The molecule has 0 radical (unpaired) electrons. The minimum atomic E-state index is -0.272. The number of urea groups is 1. The molecule has 2 N–H and O–H groups in total. The molecule has 32 heavy (non-hydrogen) atoms. The Morgan fingerprint density at radius 1 is 1.28 bits per heavy atom. The Labute approximate surface area is 186 Å². The Morgan fingerprint density at radius 2 is 2.12 bits per heavy atom. The molecule has 3 aromatic heterocycles. The van der Waals surface area contributed by atoms with E-state index in [1.807, 2.05) is 31.2 Å². The average Bonchev–Trinajstić information content (AvgIpc) is 3.35. The van der Waals surface area contributed by atoms with Gasteiger partial charge in [-0.25, -0.2) is 24.4 Å². The Balaban J connectivity index is 1.37. The second kappa shape index (κ2) is 9.87. The first-order chi connectivity index (χ1) is 15.7. The summed E-state index contributed by atoms with van der Waals surface area (Å²) in [5.74, 6) is 1.60. The van der Waals surface area contributed by atoms with Gasteiger partial charge in [0.15, 0.2) is 11.5 Å². The van der Waals surface area contributed by atoms with Gasteiger partial charge in [-0.15, -0.1) is 0 Å². The SMILES string of the molecule is CCNC(=O)Nc1cc(CC2CCN(c3ccc(-n4cccn4)nc3C#N)CC2)ncn1. The molecule has 10 heteroatoms. The third kappa shape index (κ3) is 5.00. The van der Waals surface area contributed by atoms with Crippen LogP contribution in [0.3, 0.4) is 0 Å². The topological polar surface area (TPSA) is 125 Å². The molecule has 0 unspecified atom stereocenters. The fraction of sp³-hybridized carbons (Fsp3) is 0.364. The molecule has 2 amide bonds. The van der Waals surface area contributed by atoms with Gasteiger partial charge in [0.1, 0.15) is 18.2 Å². The second-order valence-electron chi connectivity index (χ2n) is 7.61. The van der Waals surface area contributed by atoms with Crippen LogP contribution in [-0.4, -0.2) is 50.4 Å². The van der Waals surface area contributed by atoms with Gasteiger partial charge in [-0.2, -0.15) is 10.4 Å². The molecule has 1 aliphatic heterocycles. The summed E-state index contributed by atoms with van der Waals surface area (Å²) in [6, 6.07) is 9.44. The van der Waals surface area contributed by atoms with Crippen LogP contribution in [0.1, 0.15) is 31.2 Å². The number of hydrogen-bond acceptors (Lipinski definition) is 7. The van der Waals surface area contributed by atoms with Crippen molar-refractivity contribution >= 4 is 17.5 Å². The normalized spacial score (nSPS) is 14.1. The molecule has 10 nitrogen and oxygen atoms in total. The summed E-state index contributed by atoms with van der Waals surface area (Å²) in [5, 5.41) is 19.2. The predicted octanol–water partition coefficient (Wildman–Crippen LogP) is 2.53. The van der Waals surface area contributed by atoms with Crippen molar-refractivity contribution in [2.75, 3.05) is 29.9 Å². The van der Waals surface area contributed by atoms with E-state index in [0.29, 0.717) is 29.8 Å². The van der Waals surface area contributed by atoms with Gasteiger partial charge in [0.05, 0.1) is 5.69 Å². The number of hydrogen-bond donors (Lipinski definition) is 2. The van der Waals surface area contributed by atoms with Gasteiger partial charge in [-0.3, -0.25) is 5.32 Å². The van der Waals surface area contributed by atoms with Crippen LogP contribution in [0.15, 0.2) is 43.0 Å². The van der Waals surface area contributed by atoms with E-state index >= 15 is 0 Å². The van der Waals surface area contributed by atoms with Crippen molar-refractivity contribution in [2.45, 2.75) is 26.2 Å². The van der Waals surface area contributed by atoms with Gasteiger partial charge >= 0.3 is 6.03 Å². The maximum Gasteiger partial charge on any atom is 0.320 e. The van der Waals surface area contributed by atoms with Crippen molar-refractivity contribution in [2.24, 2.45) is 5.92 Å². The highest BCUT2D eigenvalue weighted by atomic mass is 16.2. The number of carbonyl (C=O) groups excluding carboxylic acids is 1. The van der Waals surface area contributed by atoms with Crippen molar-refractivity contribution < 1.29 is 4.79 Å². The van der Waals surface area contributed by atoms with Crippen LogP contribution in [0.2, 0.25) is 0 Å². The number of pyridine rings is 1. The Kier molecular flexibility index (Phi) is 6.55. The number of nitrogens with one attached hydrogen (secondary N) is 2. The monoisotopic (exact) mass is 431 g/mol. The number of anilines is 2. The van der Waals surface area contributed by atoms with Gasteiger partial charge < -0.3 is 10.2 Å². The van der Waals surface area contributed by atoms with E-state index in [0.717, 1.165) is 43.7 Å². The molecule has 4 rings (SSSR count). The highest BCUT2D eigenvalue weighted by molar-refractivity contribution is 5.88. The molecular formula is C22H25N9O. The van der Waals surface area contributed by atoms with Crippen LogP contribution in [0, 0.1) is 17.2 Å². The lowest BCUT2D eigenvalue weighted by Crippen LogP contribution is -2.35. The van der Waals surface area contributed by atoms with Gasteiger partial charge in [0.2, 0.25) is 0 Å². The average molecular weight is 432 g/mol. The zero-order valence-corrected chi connectivity index (χ0v) is 17.9. The molecule has 0 atom stereocenters. The second-order valence-corrected chi connectivity index (χ2v) is 7.61. The maximum atomic E-state index is 11.7. The van der Waals surface area contributed by atoms with E-state index in [1.165, 1.54) is 6.33 Å². The molecule has 0 aromatic carbocycles. The van der Waals surface area contributed by atoms with Crippen molar-refractivity contribution in [3.05, 3.63) is 54.4 Å². The predicted molar refractivity (Wildman–Crippen MR) is 119 cm³/mol. The summed E-state index contributed by atoms with van der Waals surface area (Å²) >= 11 is 0. The summed E-state index contributed by atoms with van der Waals surface area (Å²) in [7, 11) is 0. The van der Waals surface area contributed by atoms with E-state index in [9.17, 15) is 10.1 Å². The lowest BCUT2D eigenvalue weighted by molar-refractivity contribution is 0.252. The van der Waals surface area contributed by atoms with Crippen molar-refractivity contribution in [3.8, 4) is 11.9 Å². The standard InChI is InChI=1S/C22H25N9O/c1-2-24-22(32)29-20-13-17(25-15-26-20)12-16-6-10-30(11-7-16)19-4-5-21(28-18(19)14-23)31-9-3-8-27-31/h3-5,8-9,13,15-16H,2,6-7,10-12H2,1H3,(H2,24,25,26,29,32). The van der Waals surface area contributed by atoms with Crippen LogP contribution in [0.4, 0.5) is 16.3 Å². The molecule has 164 valence electrons. The number of nitrogens with zero attached hydrogens (tertiary/aromatic N) is 7. The molecule has 0 spiro atoms. The third-order valence-corrected chi connectivity index (χ3v) is 5.46. The number of carbonyl (C=O) groups is 1. The van der Waals surface area contributed by atoms with Gasteiger partial charge in [-0.05, 0) is 50.3 Å². The van der Waals surface area contributed by atoms with Gasteiger partial charge in [0.25, 0.3) is 0 Å². The molecule has 0 bridgehead atoms. The first-order valence-electron chi connectivity index (χ1n) is 10.7. The third-order valence-electron chi connectivity index (χ3n) is 5.46. The van der Waals surface area contributed by atoms with Crippen molar-refractivity contribution in [1.82, 2.24) is 30.0 Å². The maximum absolute atomic E-state index is 11.7. The largest absolute Gasteiger partial charge is 0.369 e. The summed E-state index contributed by atoms with van der Waals surface area (Å²) in [4.78, 5) is 26.9. The van der Waals surface area contributed by atoms with Gasteiger partial charge in [0, 0.05) is 43.8 Å². The zero-order chi connectivity index (χ0) is 22.3. The first-order valence-corrected chi connectivity index (χ1v) is 10.7. The summed E-state index contributed by atoms with van der Waals surface area (Å²) < 4.78 is 1.65. The van der Waals surface area contributed by atoms with E-state index in [1.54, 1.807) is 17.1 Å². The van der Waals surface area contributed by atoms with Crippen LogP contribution in [-0.2, 0) is 6.42 Å². The van der Waals surface area contributed by atoms with E-state index < -0.39 is 0 Å². The Hall–Kier alpha value is -4.00. The lowest BCUT2D eigenvalue weighted by Gasteiger charge is -2.33. The lowest BCUT2D eigenvalue weighted by atomic mass is 9.91. The summed E-state index contributed by atoms with van der Waals surface area (Å²) in [6.07, 6.45) is 7.76. The van der Waals surface area contributed by atoms with E-state index in [2.05, 4.69) is 41.7 Å². The van der Waals surface area contributed by atoms with Gasteiger partial charge in [-0.1, -0.05) is 0 Å². The Bertz CT molecular complexity index is 1100. The molecule has 0 saturated carbocycles. The molecule has 1 saturated heterocycles. The van der Waals surface area contributed by atoms with E-state index in [-0.39, 0.29) is 6.03 Å². The summed E-state index contributed by atoms with van der Waals surface area (Å²) in [6.45, 7) is 4.10. The van der Waals surface area contributed by atoms with Crippen LogP contribution in [0.25, 0.3) is 5.82 Å². The van der Waals surface area contributed by atoms with E-state index in [4.69, 9.17) is 0 Å². The van der Waals surface area contributed by atoms with Crippen LogP contribution < -0.4 is 15.5 Å². The zero-order valence-electron chi connectivity index (χ0n) is 17.9. The van der Waals surface area contributed by atoms with Crippen LogP contribution >= 0.6 is 0 Å². The molecule has 3 aromatic rings. The molecule has 1 fully saturated rings. The number of piperidine rings is 1. The minimum absolute atomic E-state index is 0.272. The fourth-order valence-electron chi connectivity index (χ4n) is 3.88. The van der Waals surface area contributed by atoms with Crippen molar-refractivity contribution in [3.63, 3.8) is 0 Å². The highest BCUT2D eigenvalue weighted by Gasteiger charge is 2.23. The molecular weight excluding hydrogens is 406 g/mol. The van der Waals surface area contributed by atoms with Crippen LogP contribution in [0.5, 0.6) is 0 Å². The van der Waals surface area contributed by atoms with Crippen molar-refractivity contribution in [1.29, 1.82) is 5.26 Å². The number of aromatic nitrogens is 5. The number of amides is 2. The number of rotatable bonds is 6. The fourth-order valence-corrected chi connectivity index (χ4v) is 3.88. The molecule has 4 heterocycles. The first kappa shape index (κ1) is 21.2. The quantitative estimate of drug-likeness (QED) is 0.614. The minimum Gasteiger partial charge on any atom is -0.369 e. The summed E-state index contributed by atoms with van der Waals surface area (Å²) in [5.41, 5.74) is 2.18. The molecule has 1 aliphatic rings. The Morgan fingerprint density at radius 3 is 2.84 bits per heavy atom. The number of nitriles is 1. The highest BCUT2D eigenvalue weighted by Crippen LogP contribution is 2.28. The smallest absolute Gasteiger partial charge is 0.320 e.